The van der Waals surface area contributed by atoms with Gasteiger partial charge in [0.05, 0.1) is 17.3 Å². The topological polar surface area (TPSA) is 123 Å². The lowest BCUT2D eigenvalue weighted by atomic mass is 9.94. The van der Waals surface area contributed by atoms with Gasteiger partial charge in [-0.25, -0.2) is 27.9 Å². The number of fused-ring (bicyclic) bond motifs is 1. The van der Waals surface area contributed by atoms with E-state index in [0.717, 1.165) is 12.8 Å². The molecule has 0 fully saturated rings. The molecular weight excluding hydrogens is 481 g/mol. The van der Waals surface area contributed by atoms with Crippen LogP contribution < -0.4 is 5.73 Å². The standard InChI is InChI=1S/C22H25ClFN7O2S/c1-14(19-10-18(30-33-19)20-26-11-16(23)12-27-20)6-7-17(24)15(2)22(3)13-34(32)28-8-4-5-9-31(34)21(25)29-22/h6-7,10-12H,2,4-5,8-9,13H2,1,3H3,(H2,25,29)/b14-6+,17-7+/t22-,34-/m0/s1. The summed E-state index contributed by atoms with van der Waals surface area (Å²) in [6, 6.07) is 1.65. The zero-order valence-electron chi connectivity index (χ0n) is 18.9. The number of halogens is 2. The molecule has 2 atom stereocenters. The first-order chi connectivity index (χ1) is 16.1. The average molecular weight is 506 g/mol. The molecule has 0 aromatic carbocycles. The van der Waals surface area contributed by atoms with Crippen molar-refractivity contribution in [1.29, 1.82) is 0 Å². The first-order valence-electron chi connectivity index (χ1n) is 10.6. The quantitative estimate of drug-likeness (QED) is 0.608. The lowest BCUT2D eigenvalue weighted by molar-refractivity contribution is 0.412. The van der Waals surface area contributed by atoms with Crippen molar-refractivity contribution in [3.63, 3.8) is 0 Å². The summed E-state index contributed by atoms with van der Waals surface area (Å²) >= 11 is 5.81. The van der Waals surface area contributed by atoms with Crippen LogP contribution in [0.1, 0.15) is 32.4 Å². The Hall–Kier alpha value is -3.05. The molecule has 0 spiro atoms. The highest BCUT2D eigenvalue weighted by atomic mass is 35.5. The number of allylic oxidation sites excluding steroid dienone is 3. The Morgan fingerprint density at radius 2 is 2.09 bits per heavy atom. The summed E-state index contributed by atoms with van der Waals surface area (Å²) in [7, 11) is -2.82. The molecule has 9 nitrogen and oxygen atoms in total. The third kappa shape index (κ3) is 4.76. The monoisotopic (exact) mass is 505 g/mol. The fourth-order valence-corrected chi connectivity index (χ4v) is 6.30. The summed E-state index contributed by atoms with van der Waals surface area (Å²) in [5, 5.41) is 4.36. The van der Waals surface area contributed by atoms with Crippen molar-refractivity contribution in [3.8, 4) is 11.5 Å². The minimum atomic E-state index is -2.82. The van der Waals surface area contributed by atoms with Gasteiger partial charge in [0.1, 0.15) is 21.3 Å². The highest BCUT2D eigenvalue weighted by molar-refractivity contribution is 7.92. The van der Waals surface area contributed by atoms with Crippen molar-refractivity contribution in [2.45, 2.75) is 32.2 Å². The number of aliphatic imine (C=N–C) groups is 1. The minimum absolute atomic E-state index is 0.0239. The molecule has 12 heteroatoms. The molecule has 2 aromatic heterocycles. The van der Waals surface area contributed by atoms with Crippen LogP contribution in [0.3, 0.4) is 0 Å². The van der Waals surface area contributed by atoms with Gasteiger partial charge < -0.3 is 10.3 Å². The fourth-order valence-electron chi connectivity index (χ4n) is 3.68. The molecule has 2 aliphatic rings. The Morgan fingerprint density at radius 1 is 1.35 bits per heavy atom. The van der Waals surface area contributed by atoms with Crippen LogP contribution in [-0.4, -0.2) is 54.0 Å². The van der Waals surface area contributed by atoms with Crippen molar-refractivity contribution in [2.24, 2.45) is 15.1 Å². The summed E-state index contributed by atoms with van der Waals surface area (Å²) in [4.78, 5) is 12.7. The molecule has 4 heterocycles. The predicted molar refractivity (Wildman–Crippen MR) is 131 cm³/mol. The zero-order chi connectivity index (χ0) is 24.5. The Balaban J connectivity index is 1.55. The van der Waals surface area contributed by atoms with Gasteiger partial charge in [-0.3, -0.25) is 4.31 Å². The smallest absolute Gasteiger partial charge is 0.204 e. The van der Waals surface area contributed by atoms with E-state index in [-0.39, 0.29) is 17.3 Å². The SMILES string of the molecule is C=C(/C(F)=C\C=C(/C)c1cc(-c2ncc(Cl)cn2)no1)[C@]1(C)C[S@]2(=O)=NCCCCN2C(N)=N1. The molecule has 0 saturated carbocycles. The summed E-state index contributed by atoms with van der Waals surface area (Å²) < 4.78 is 39.9. The van der Waals surface area contributed by atoms with E-state index in [1.54, 1.807) is 24.2 Å². The second-order valence-corrected chi connectivity index (χ2v) is 10.9. The Labute approximate surface area is 202 Å². The third-order valence-corrected chi connectivity index (χ3v) is 8.44. The van der Waals surface area contributed by atoms with Crippen LogP contribution in [0.15, 0.2) is 62.5 Å². The van der Waals surface area contributed by atoms with E-state index in [2.05, 4.69) is 31.1 Å². The highest BCUT2D eigenvalue weighted by Crippen LogP contribution is 2.34. The second-order valence-electron chi connectivity index (χ2n) is 8.30. The van der Waals surface area contributed by atoms with E-state index in [1.165, 1.54) is 24.5 Å². The lowest BCUT2D eigenvalue weighted by Gasteiger charge is -2.38. The number of nitrogens with two attached hydrogens (primary N) is 1. The third-order valence-electron chi connectivity index (χ3n) is 5.66. The molecule has 0 unspecified atom stereocenters. The molecule has 0 bridgehead atoms. The summed E-state index contributed by atoms with van der Waals surface area (Å²) in [6.07, 6.45) is 7.36. The first kappa shape index (κ1) is 24.1. The molecule has 2 aromatic rings. The Bertz CT molecular complexity index is 1320. The molecule has 34 heavy (non-hydrogen) atoms. The van der Waals surface area contributed by atoms with Crippen LogP contribution in [0.25, 0.3) is 17.1 Å². The van der Waals surface area contributed by atoms with E-state index in [1.807, 2.05) is 0 Å². The predicted octanol–water partition coefficient (Wildman–Crippen LogP) is 4.16. The first-order valence-corrected chi connectivity index (χ1v) is 12.7. The van der Waals surface area contributed by atoms with Gasteiger partial charge in [0.2, 0.25) is 5.96 Å². The maximum absolute atomic E-state index is 15.2. The van der Waals surface area contributed by atoms with Crippen LogP contribution in [-0.2, 0) is 9.92 Å². The lowest BCUT2D eigenvalue weighted by Crippen LogP contribution is -2.53. The van der Waals surface area contributed by atoms with E-state index in [0.29, 0.717) is 41.0 Å². The molecule has 2 aliphatic heterocycles. The van der Waals surface area contributed by atoms with Gasteiger partial charge in [0, 0.05) is 30.6 Å². The van der Waals surface area contributed by atoms with Gasteiger partial charge >= 0.3 is 0 Å². The van der Waals surface area contributed by atoms with Gasteiger partial charge in [-0.2, -0.15) is 0 Å². The van der Waals surface area contributed by atoms with Gasteiger partial charge in [0.15, 0.2) is 17.3 Å². The number of hydrogen-bond acceptors (Lipinski definition) is 8. The van der Waals surface area contributed by atoms with E-state index < -0.39 is 21.3 Å². The van der Waals surface area contributed by atoms with Gasteiger partial charge in [-0.15, -0.1) is 0 Å². The average Bonchev–Trinajstić information content (AvgIpc) is 3.20. The van der Waals surface area contributed by atoms with Crippen LogP contribution in [0.5, 0.6) is 0 Å². The number of nitrogens with zero attached hydrogens (tertiary/aromatic N) is 6. The van der Waals surface area contributed by atoms with Crippen LogP contribution in [0, 0.1) is 0 Å². The maximum atomic E-state index is 15.2. The number of guanidine groups is 1. The van der Waals surface area contributed by atoms with E-state index >= 15 is 4.39 Å². The van der Waals surface area contributed by atoms with Crippen molar-refractivity contribution in [3.05, 3.63) is 59.4 Å². The minimum Gasteiger partial charge on any atom is -0.369 e. The molecule has 0 saturated heterocycles. The van der Waals surface area contributed by atoms with Crippen molar-refractivity contribution in [2.75, 3.05) is 18.8 Å². The molecule has 0 radical (unpaired) electrons. The molecule has 0 amide bonds. The Morgan fingerprint density at radius 3 is 2.82 bits per heavy atom. The van der Waals surface area contributed by atoms with Crippen LogP contribution in [0.4, 0.5) is 4.39 Å². The summed E-state index contributed by atoms with van der Waals surface area (Å²) in [5.41, 5.74) is 6.05. The maximum Gasteiger partial charge on any atom is 0.204 e. The molecule has 2 N–H and O–H groups in total. The number of hydrogen-bond donors (Lipinski definition) is 1. The summed E-state index contributed by atoms with van der Waals surface area (Å²) in [6.45, 7) is 8.31. The second kappa shape index (κ2) is 9.30. The van der Waals surface area contributed by atoms with E-state index in [9.17, 15) is 4.21 Å². The van der Waals surface area contributed by atoms with Crippen LogP contribution >= 0.6 is 11.6 Å². The van der Waals surface area contributed by atoms with Crippen molar-refractivity contribution < 1.29 is 13.1 Å². The van der Waals surface area contributed by atoms with Gasteiger partial charge in [-0.05, 0) is 38.3 Å². The largest absolute Gasteiger partial charge is 0.369 e. The van der Waals surface area contributed by atoms with Crippen molar-refractivity contribution >= 4 is 33.0 Å². The number of rotatable bonds is 5. The molecule has 180 valence electrons. The van der Waals surface area contributed by atoms with Crippen molar-refractivity contribution in [1.82, 2.24) is 19.4 Å². The van der Waals surface area contributed by atoms with Crippen LogP contribution in [0.2, 0.25) is 5.02 Å². The normalized spacial score (nSPS) is 25.8. The molecule has 0 aliphatic carbocycles. The number of aromatic nitrogens is 3. The van der Waals surface area contributed by atoms with Gasteiger partial charge in [-0.1, -0.05) is 29.4 Å². The molecular formula is C22H25ClFN7O2S. The summed E-state index contributed by atoms with van der Waals surface area (Å²) in [5.74, 6) is 0.295. The molecule has 4 rings (SSSR count). The highest BCUT2D eigenvalue weighted by Gasteiger charge is 2.42. The zero-order valence-corrected chi connectivity index (χ0v) is 20.4. The fraction of sp³-hybridized carbons (Fsp3) is 0.364. The van der Waals surface area contributed by atoms with E-state index in [4.69, 9.17) is 21.9 Å². The van der Waals surface area contributed by atoms with Gasteiger partial charge in [0.25, 0.3) is 0 Å². The Kier molecular flexibility index (Phi) is 6.59.